The van der Waals surface area contributed by atoms with Crippen molar-refractivity contribution in [3.05, 3.63) is 11.6 Å². The molecule has 1 rings (SSSR count). The fourth-order valence-electron chi connectivity index (χ4n) is 1.42. The molecule has 0 amide bonds. The Labute approximate surface area is 86.7 Å². The van der Waals surface area contributed by atoms with Crippen molar-refractivity contribution in [2.45, 2.75) is 26.2 Å². The van der Waals surface area contributed by atoms with Crippen molar-refractivity contribution in [3.8, 4) is 0 Å². The van der Waals surface area contributed by atoms with Crippen LogP contribution in [0, 0.1) is 5.92 Å². The summed E-state index contributed by atoms with van der Waals surface area (Å²) >= 11 is 0. The average Bonchev–Trinajstić information content (AvgIpc) is 2.46. The van der Waals surface area contributed by atoms with Gasteiger partial charge in [-0.05, 0) is 6.42 Å². The molecular formula is C10H11O5-. The van der Waals surface area contributed by atoms with Crippen LogP contribution in [-0.2, 0) is 19.1 Å². The Morgan fingerprint density at radius 1 is 1.53 bits per heavy atom. The smallest absolute Gasteiger partial charge is 0.342 e. The summed E-state index contributed by atoms with van der Waals surface area (Å²) in [6.07, 6.45) is 2.67. The first-order valence-electron chi connectivity index (χ1n) is 4.74. The first-order chi connectivity index (χ1) is 7.06. The maximum Gasteiger partial charge on any atom is 0.342 e. The molecule has 1 aliphatic heterocycles. The number of carboxylic acid groups (broad SMARTS) is 1. The third kappa shape index (κ3) is 2.65. The SMILES string of the molecule is CCCCC(C(=O)[O-])C1=CC(=O)OC1=O. The largest absolute Gasteiger partial charge is 0.549 e. The third-order valence-corrected chi connectivity index (χ3v) is 2.21. The molecule has 0 bridgehead atoms. The quantitative estimate of drug-likeness (QED) is 0.454. The van der Waals surface area contributed by atoms with E-state index in [2.05, 4.69) is 4.74 Å². The van der Waals surface area contributed by atoms with Crippen molar-refractivity contribution in [2.24, 2.45) is 5.92 Å². The first-order valence-corrected chi connectivity index (χ1v) is 4.74. The molecular weight excluding hydrogens is 200 g/mol. The lowest BCUT2D eigenvalue weighted by Crippen LogP contribution is -2.33. The molecule has 0 saturated heterocycles. The van der Waals surface area contributed by atoms with Gasteiger partial charge in [-0.3, -0.25) is 0 Å². The predicted molar refractivity (Wildman–Crippen MR) is 47.2 cm³/mol. The number of ether oxygens (including phenoxy) is 1. The molecule has 0 N–H and O–H groups in total. The van der Waals surface area contributed by atoms with E-state index in [4.69, 9.17) is 0 Å². The number of aliphatic carboxylic acids is 1. The van der Waals surface area contributed by atoms with E-state index in [-0.39, 0.29) is 12.0 Å². The van der Waals surface area contributed by atoms with Crippen LogP contribution in [0.25, 0.3) is 0 Å². The Balaban J connectivity index is 2.80. The van der Waals surface area contributed by atoms with Crippen LogP contribution in [0.15, 0.2) is 11.6 Å². The molecule has 1 aliphatic rings. The highest BCUT2D eigenvalue weighted by Crippen LogP contribution is 2.22. The van der Waals surface area contributed by atoms with Gasteiger partial charge in [0, 0.05) is 18.0 Å². The Bertz CT molecular complexity index is 329. The van der Waals surface area contributed by atoms with Crippen LogP contribution in [-0.4, -0.2) is 17.9 Å². The second-order valence-corrected chi connectivity index (χ2v) is 3.32. The second kappa shape index (κ2) is 4.72. The first kappa shape index (κ1) is 11.4. The highest BCUT2D eigenvalue weighted by molar-refractivity contribution is 6.11. The summed E-state index contributed by atoms with van der Waals surface area (Å²) in [6.45, 7) is 1.90. The van der Waals surface area contributed by atoms with Crippen LogP contribution >= 0.6 is 0 Å². The van der Waals surface area contributed by atoms with Crippen molar-refractivity contribution in [2.75, 3.05) is 0 Å². The van der Waals surface area contributed by atoms with E-state index in [1.54, 1.807) is 0 Å². The van der Waals surface area contributed by atoms with Crippen molar-refractivity contribution in [1.82, 2.24) is 0 Å². The van der Waals surface area contributed by atoms with Gasteiger partial charge >= 0.3 is 11.9 Å². The number of hydrogen-bond acceptors (Lipinski definition) is 5. The third-order valence-electron chi connectivity index (χ3n) is 2.21. The molecule has 15 heavy (non-hydrogen) atoms. The maximum absolute atomic E-state index is 11.1. The van der Waals surface area contributed by atoms with Gasteiger partial charge < -0.3 is 14.6 Å². The van der Waals surface area contributed by atoms with Gasteiger partial charge in [0.2, 0.25) is 0 Å². The monoisotopic (exact) mass is 211 g/mol. The lowest BCUT2D eigenvalue weighted by molar-refractivity contribution is -0.310. The number of cyclic esters (lactones) is 2. The summed E-state index contributed by atoms with van der Waals surface area (Å²) in [6, 6.07) is 0. The normalized spacial score (nSPS) is 17.3. The van der Waals surface area contributed by atoms with Crippen molar-refractivity contribution in [1.29, 1.82) is 0 Å². The van der Waals surface area contributed by atoms with Crippen LogP contribution < -0.4 is 5.11 Å². The van der Waals surface area contributed by atoms with E-state index in [0.717, 1.165) is 12.5 Å². The second-order valence-electron chi connectivity index (χ2n) is 3.32. The number of hydrogen-bond donors (Lipinski definition) is 0. The lowest BCUT2D eigenvalue weighted by atomic mass is 9.94. The molecule has 0 aliphatic carbocycles. The molecule has 82 valence electrons. The molecule has 0 fully saturated rings. The van der Waals surface area contributed by atoms with E-state index in [9.17, 15) is 19.5 Å². The number of carboxylic acids is 1. The van der Waals surface area contributed by atoms with Gasteiger partial charge in [0.15, 0.2) is 0 Å². The molecule has 0 aromatic rings. The minimum atomic E-state index is -1.35. The molecule has 0 spiro atoms. The van der Waals surface area contributed by atoms with Gasteiger partial charge in [-0.15, -0.1) is 0 Å². The van der Waals surface area contributed by atoms with Crippen molar-refractivity contribution < 1.29 is 24.2 Å². The zero-order valence-corrected chi connectivity index (χ0v) is 8.32. The van der Waals surface area contributed by atoms with E-state index >= 15 is 0 Å². The number of rotatable bonds is 5. The molecule has 0 aromatic heterocycles. The Hall–Kier alpha value is -1.65. The van der Waals surface area contributed by atoms with Crippen molar-refractivity contribution >= 4 is 17.9 Å². The minimum absolute atomic E-state index is 0.103. The van der Waals surface area contributed by atoms with Gasteiger partial charge in [-0.2, -0.15) is 0 Å². The summed E-state index contributed by atoms with van der Waals surface area (Å²) in [5.74, 6) is -4.06. The van der Waals surface area contributed by atoms with Crippen LogP contribution in [0.2, 0.25) is 0 Å². The zero-order chi connectivity index (χ0) is 11.4. The van der Waals surface area contributed by atoms with Crippen LogP contribution in [0.5, 0.6) is 0 Å². The maximum atomic E-state index is 11.1. The Morgan fingerprint density at radius 3 is 2.60 bits per heavy atom. The minimum Gasteiger partial charge on any atom is -0.549 e. The van der Waals surface area contributed by atoms with Gasteiger partial charge in [0.1, 0.15) is 0 Å². The summed E-state index contributed by atoms with van der Waals surface area (Å²) in [5, 5.41) is 10.8. The molecule has 0 saturated carbocycles. The lowest BCUT2D eigenvalue weighted by Gasteiger charge is -2.16. The molecule has 5 nitrogen and oxygen atoms in total. The van der Waals surface area contributed by atoms with Gasteiger partial charge in [0.25, 0.3) is 0 Å². The number of carbonyl (C=O) groups is 3. The van der Waals surface area contributed by atoms with Crippen LogP contribution in [0.4, 0.5) is 0 Å². The van der Waals surface area contributed by atoms with Crippen LogP contribution in [0.3, 0.4) is 0 Å². The zero-order valence-electron chi connectivity index (χ0n) is 8.32. The van der Waals surface area contributed by atoms with Gasteiger partial charge in [-0.25, -0.2) is 9.59 Å². The molecule has 1 atom stereocenters. The molecule has 1 unspecified atom stereocenters. The predicted octanol–water partition coefficient (Wildman–Crippen LogP) is -0.448. The molecule has 5 heteroatoms. The summed E-state index contributed by atoms with van der Waals surface area (Å²) < 4.78 is 4.22. The fraction of sp³-hybridized carbons (Fsp3) is 0.500. The average molecular weight is 211 g/mol. The Morgan fingerprint density at radius 2 is 2.20 bits per heavy atom. The van der Waals surface area contributed by atoms with Gasteiger partial charge in [0.05, 0.1) is 5.57 Å². The van der Waals surface area contributed by atoms with E-state index < -0.39 is 23.8 Å². The highest BCUT2D eigenvalue weighted by atomic mass is 16.6. The number of unbranched alkanes of at least 4 members (excludes halogenated alkanes) is 1. The van der Waals surface area contributed by atoms with E-state index in [1.807, 2.05) is 6.92 Å². The van der Waals surface area contributed by atoms with Gasteiger partial charge in [-0.1, -0.05) is 19.8 Å². The summed E-state index contributed by atoms with van der Waals surface area (Å²) in [4.78, 5) is 32.6. The van der Waals surface area contributed by atoms with Crippen LogP contribution in [0.1, 0.15) is 26.2 Å². The Kier molecular flexibility index (Phi) is 3.60. The molecule has 0 radical (unpaired) electrons. The van der Waals surface area contributed by atoms with Crippen molar-refractivity contribution in [3.63, 3.8) is 0 Å². The highest BCUT2D eigenvalue weighted by Gasteiger charge is 2.30. The fourth-order valence-corrected chi connectivity index (χ4v) is 1.42. The van der Waals surface area contributed by atoms with E-state index in [1.165, 1.54) is 0 Å². The summed E-state index contributed by atoms with van der Waals surface area (Å²) in [7, 11) is 0. The van der Waals surface area contributed by atoms with E-state index in [0.29, 0.717) is 6.42 Å². The molecule has 0 aromatic carbocycles. The summed E-state index contributed by atoms with van der Waals surface area (Å²) in [5.41, 5.74) is -0.103. The number of carbonyl (C=O) groups excluding carboxylic acids is 3. The number of esters is 2. The topological polar surface area (TPSA) is 83.5 Å². The standard InChI is InChI=1S/C10H12O5/c1-2-3-4-6(9(12)13)7-5-8(11)15-10(7)14/h5-6H,2-4H2,1H3,(H,12,13)/p-1. The molecule has 1 heterocycles.